The Kier molecular flexibility index (Phi) is 3.69. The minimum Gasteiger partial charge on any atom is -0.366 e. The highest BCUT2D eigenvalue weighted by Gasteiger charge is 1.95. The average molecular weight is 190 g/mol. The highest BCUT2D eigenvalue weighted by molar-refractivity contribution is 5.82. The van der Waals surface area contributed by atoms with Crippen LogP contribution in [0.5, 0.6) is 0 Å². The van der Waals surface area contributed by atoms with E-state index in [9.17, 15) is 0 Å². The molecule has 0 saturated carbocycles. The average Bonchev–Trinajstić information content (AvgIpc) is 2.18. The van der Waals surface area contributed by atoms with Crippen molar-refractivity contribution in [2.24, 2.45) is 4.99 Å². The van der Waals surface area contributed by atoms with Crippen molar-refractivity contribution in [2.75, 3.05) is 14.1 Å². The van der Waals surface area contributed by atoms with E-state index in [1.807, 2.05) is 32.0 Å². The van der Waals surface area contributed by atoms with Crippen molar-refractivity contribution < 1.29 is 0 Å². The molecule has 0 aliphatic heterocycles. The molecule has 76 valence electrons. The van der Waals surface area contributed by atoms with E-state index in [-0.39, 0.29) is 0 Å². The van der Waals surface area contributed by atoms with Crippen LogP contribution in [0.1, 0.15) is 19.4 Å². The smallest absolute Gasteiger partial charge is 0.101 e. The zero-order valence-electron chi connectivity index (χ0n) is 9.41. The first-order chi connectivity index (χ1) is 6.63. The molecule has 1 aromatic rings. The van der Waals surface area contributed by atoms with Gasteiger partial charge < -0.3 is 4.90 Å². The molecular formula is C12H18N2. The Balaban J connectivity index is 2.91. The number of nitrogens with zero attached hydrogens (tertiary/aromatic N) is 2. The van der Waals surface area contributed by atoms with Crippen LogP contribution in [0.25, 0.3) is 0 Å². The molecule has 0 amide bonds. The molecule has 1 aromatic carbocycles. The highest BCUT2D eigenvalue weighted by Crippen LogP contribution is 2.14. The van der Waals surface area contributed by atoms with Crippen LogP contribution in [0.4, 0.5) is 5.69 Å². The first-order valence-electron chi connectivity index (χ1n) is 4.95. The third-order valence-electron chi connectivity index (χ3n) is 2.26. The SMILES string of the molecule is CCc1cccc(N=C(C)N(C)C)c1. The van der Waals surface area contributed by atoms with E-state index in [0.29, 0.717) is 0 Å². The quantitative estimate of drug-likeness (QED) is 0.517. The van der Waals surface area contributed by atoms with Crippen LogP contribution in [-0.2, 0) is 6.42 Å². The number of hydrogen-bond acceptors (Lipinski definition) is 1. The first-order valence-corrected chi connectivity index (χ1v) is 4.95. The molecule has 2 nitrogen and oxygen atoms in total. The predicted octanol–water partition coefficient (Wildman–Crippen LogP) is 2.86. The van der Waals surface area contributed by atoms with Crippen LogP contribution in [0.15, 0.2) is 29.3 Å². The van der Waals surface area contributed by atoms with Crippen LogP contribution >= 0.6 is 0 Å². The normalized spacial score (nSPS) is 11.6. The number of hydrogen-bond donors (Lipinski definition) is 0. The lowest BCUT2D eigenvalue weighted by Gasteiger charge is -2.11. The Labute approximate surface area is 86.3 Å². The van der Waals surface area contributed by atoms with Crippen LogP contribution in [0.3, 0.4) is 0 Å². The second-order valence-electron chi connectivity index (χ2n) is 3.58. The van der Waals surface area contributed by atoms with Gasteiger partial charge in [0.1, 0.15) is 5.84 Å². The fourth-order valence-electron chi connectivity index (χ4n) is 1.13. The molecular weight excluding hydrogens is 172 g/mol. The van der Waals surface area contributed by atoms with Gasteiger partial charge in [0.2, 0.25) is 0 Å². The fourth-order valence-corrected chi connectivity index (χ4v) is 1.13. The second kappa shape index (κ2) is 4.80. The molecule has 0 heterocycles. The van der Waals surface area contributed by atoms with Crippen LogP contribution < -0.4 is 0 Å². The molecule has 0 bridgehead atoms. The predicted molar refractivity (Wildman–Crippen MR) is 62.3 cm³/mol. The summed E-state index contributed by atoms with van der Waals surface area (Å²) < 4.78 is 0. The van der Waals surface area contributed by atoms with Gasteiger partial charge in [0.25, 0.3) is 0 Å². The number of amidine groups is 1. The van der Waals surface area contributed by atoms with Crippen molar-refractivity contribution in [1.82, 2.24) is 4.90 Å². The van der Waals surface area contributed by atoms with Crippen LogP contribution in [0.2, 0.25) is 0 Å². The van der Waals surface area contributed by atoms with Gasteiger partial charge in [0, 0.05) is 14.1 Å². The maximum absolute atomic E-state index is 4.51. The third kappa shape index (κ3) is 2.87. The summed E-state index contributed by atoms with van der Waals surface area (Å²) in [5, 5.41) is 0. The number of benzene rings is 1. The van der Waals surface area contributed by atoms with Gasteiger partial charge in [0.05, 0.1) is 5.69 Å². The van der Waals surface area contributed by atoms with Gasteiger partial charge in [-0.05, 0) is 31.0 Å². The lowest BCUT2D eigenvalue weighted by Crippen LogP contribution is -2.17. The Morgan fingerprint density at radius 2 is 2.07 bits per heavy atom. The second-order valence-corrected chi connectivity index (χ2v) is 3.58. The summed E-state index contributed by atoms with van der Waals surface area (Å²) in [6.07, 6.45) is 1.06. The molecule has 14 heavy (non-hydrogen) atoms. The van der Waals surface area contributed by atoms with Crippen LogP contribution in [-0.4, -0.2) is 24.8 Å². The molecule has 1 rings (SSSR count). The molecule has 0 spiro atoms. The van der Waals surface area contributed by atoms with Gasteiger partial charge in [-0.1, -0.05) is 19.1 Å². The lowest BCUT2D eigenvalue weighted by atomic mass is 10.1. The Morgan fingerprint density at radius 1 is 1.36 bits per heavy atom. The molecule has 0 aliphatic rings. The van der Waals surface area contributed by atoms with Crippen molar-refractivity contribution >= 4 is 11.5 Å². The maximum Gasteiger partial charge on any atom is 0.101 e. The minimum absolute atomic E-state index is 1.03. The molecule has 0 aliphatic carbocycles. The number of aryl methyl sites for hydroxylation is 1. The Morgan fingerprint density at radius 3 is 2.64 bits per heavy atom. The van der Waals surface area contributed by atoms with E-state index < -0.39 is 0 Å². The zero-order chi connectivity index (χ0) is 10.6. The Hall–Kier alpha value is -1.31. The van der Waals surface area contributed by atoms with Gasteiger partial charge in [-0.15, -0.1) is 0 Å². The van der Waals surface area contributed by atoms with E-state index in [1.54, 1.807) is 0 Å². The lowest BCUT2D eigenvalue weighted by molar-refractivity contribution is 0.619. The van der Waals surface area contributed by atoms with Crippen LogP contribution in [0, 0.1) is 0 Å². The standard InChI is InChI=1S/C12H18N2/c1-5-11-7-6-8-12(9-11)13-10(2)14(3)4/h6-9H,5H2,1-4H3. The van der Waals surface area contributed by atoms with Gasteiger partial charge in [-0.3, -0.25) is 0 Å². The molecule has 0 aromatic heterocycles. The van der Waals surface area contributed by atoms with Gasteiger partial charge >= 0.3 is 0 Å². The summed E-state index contributed by atoms with van der Waals surface area (Å²) in [5.74, 6) is 1.03. The largest absolute Gasteiger partial charge is 0.366 e. The van der Waals surface area contributed by atoms with Crippen molar-refractivity contribution in [3.8, 4) is 0 Å². The molecule has 0 N–H and O–H groups in total. The zero-order valence-corrected chi connectivity index (χ0v) is 9.41. The summed E-state index contributed by atoms with van der Waals surface area (Å²) >= 11 is 0. The minimum atomic E-state index is 1.03. The topological polar surface area (TPSA) is 15.6 Å². The number of aliphatic imine (C=N–C) groups is 1. The van der Waals surface area contributed by atoms with Crippen molar-refractivity contribution in [3.05, 3.63) is 29.8 Å². The molecule has 2 heteroatoms. The summed E-state index contributed by atoms with van der Waals surface area (Å²) in [6, 6.07) is 8.35. The Bertz CT molecular complexity index is 327. The molecule has 0 saturated heterocycles. The third-order valence-corrected chi connectivity index (χ3v) is 2.26. The fraction of sp³-hybridized carbons (Fsp3) is 0.417. The van der Waals surface area contributed by atoms with E-state index >= 15 is 0 Å². The van der Waals surface area contributed by atoms with Crippen molar-refractivity contribution in [1.29, 1.82) is 0 Å². The summed E-state index contributed by atoms with van der Waals surface area (Å²) in [7, 11) is 4.00. The summed E-state index contributed by atoms with van der Waals surface area (Å²) in [4.78, 5) is 6.52. The van der Waals surface area contributed by atoms with Gasteiger partial charge in [-0.2, -0.15) is 0 Å². The molecule has 0 radical (unpaired) electrons. The number of rotatable bonds is 2. The summed E-state index contributed by atoms with van der Waals surface area (Å²) in [5.41, 5.74) is 2.37. The van der Waals surface area contributed by atoms with Crippen molar-refractivity contribution in [3.63, 3.8) is 0 Å². The molecule has 0 atom stereocenters. The van der Waals surface area contributed by atoms with E-state index in [0.717, 1.165) is 17.9 Å². The monoisotopic (exact) mass is 190 g/mol. The molecule has 0 unspecified atom stereocenters. The first kappa shape index (κ1) is 10.8. The highest BCUT2D eigenvalue weighted by atomic mass is 15.1. The maximum atomic E-state index is 4.51. The van der Waals surface area contributed by atoms with Gasteiger partial charge in [-0.25, -0.2) is 4.99 Å². The van der Waals surface area contributed by atoms with Gasteiger partial charge in [0.15, 0.2) is 0 Å². The molecule has 0 fully saturated rings. The summed E-state index contributed by atoms with van der Waals surface area (Å²) in [6.45, 7) is 4.17. The van der Waals surface area contributed by atoms with Crippen molar-refractivity contribution in [2.45, 2.75) is 20.3 Å². The van der Waals surface area contributed by atoms with E-state index in [4.69, 9.17) is 0 Å². The van der Waals surface area contributed by atoms with E-state index in [2.05, 4.69) is 30.1 Å². The van der Waals surface area contributed by atoms with E-state index in [1.165, 1.54) is 5.56 Å².